The highest BCUT2D eigenvalue weighted by atomic mass is 16.5. The monoisotopic (exact) mass is 384 g/mol. The Morgan fingerprint density at radius 3 is 1.96 bits per heavy atom. The number of ether oxygens (including phenoxy) is 3. The van der Waals surface area contributed by atoms with Crippen molar-refractivity contribution in [2.45, 2.75) is 13.5 Å². The van der Waals surface area contributed by atoms with Crippen LogP contribution < -0.4 is 19.1 Å². The van der Waals surface area contributed by atoms with Crippen molar-refractivity contribution in [2.24, 2.45) is 0 Å². The van der Waals surface area contributed by atoms with E-state index in [1.54, 1.807) is 28.3 Å². The number of anilines is 1. The zero-order chi connectivity index (χ0) is 20.1. The molecule has 0 spiro atoms. The molecule has 0 aromatic heterocycles. The van der Waals surface area contributed by atoms with Crippen LogP contribution in [0.15, 0.2) is 36.4 Å². The lowest BCUT2D eigenvalue weighted by Gasteiger charge is -2.36. The molecule has 1 fully saturated rings. The van der Waals surface area contributed by atoms with Crippen molar-refractivity contribution in [1.29, 1.82) is 0 Å². The lowest BCUT2D eigenvalue weighted by molar-refractivity contribution is 0.101. The van der Waals surface area contributed by atoms with Crippen LogP contribution >= 0.6 is 0 Å². The van der Waals surface area contributed by atoms with Gasteiger partial charge < -0.3 is 19.1 Å². The Bertz CT molecular complexity index is 812. The highest BCUT2D eigenvalue weighted by molar-refractivity contribution is 5.94. The number of piperazine rings is 1. The van der Waals surface area contributed by atoms with Gasteiger partial charge in [0.2, 0.25) is 0 Å². The molecular weight excluding hydrogens is 356 g/mol. The Morgan fingerprint density at radius 2 is 1.43 bits per heavy atom. The second-order valence-electron chi connectivity index (χ2n) is 6.89. The molecule has 0 saturated carbocycles. The number of hydrogen-bond acceptors (Lipinski definition) is 6. The third kappa shape index (κ3) is 4.39. The van der Waals surface area contributed by atoms with E-state index in [9.17, 15) is 4.79 Å². The van der Waals surface area contributed by atoms with Crippen LogP contribution in [-0.2, 0) is 6.54 Å². The first-order valence-electron chi connectivity index (χ1n) is 9.43. The molecule has 1 aliphatic rings. The van der Waals surface area contributed by atoms with Gasteiger partial charge in [-0.1, -0.05) is 0 Å². The number of nitrogens with zero attached hydrogens (tertiary/aromatic N) is 2. The van der Waals surface area contributed by atoms with Crippen LogP contribution in [0.25, 0.3) is 0 Å². The van der Waals surface area contributed by atoms with Gasteiger partial charge in [0.05, 0.1) is 21.3 Å². The zero-order valence-electron chi connectivity index (χ0n) is 17.0. The minimum Gasteiger partial charge on any atom is -0.496 e. The molecule has 0 aliphatic carbocycles. The van der Waals surface area contributed by atoms with Crippen molar-refractivity contribution in [3.05, 3.63) is 47.5 Å². The van der Waals surface area contributed by atoms with Gasteiger partial charge in [0.1, 0.15) is 5.75 Å². The SMILES string of the molecule is COc1cc(OC)c(OC)cc1CN1CCN(c2ccc(C(C)=O)cc2)CC1. The molecule has 0 bridgehead atoms. The highest BCUT2D eigenvalue weighted by Crippen LogP contribution is 2.35. The Morgan fingerprint density at radius 1 is 0.857 bits per heavy atom. The standard InChI is InChI=1S/C22H28N2O4/c1-16(25)17-5-7-19(8-6-17)24-11-9-23(10-12-24)15-18-13-21(27-3)22(28-4)14-20(18)26-2/h5-8,13-14H,9-12,15H2,1-4H3. The number of carbonyl (C=O) groups is 1. The van der Waals surface area contributed by atoms with Crippen LogP contribution in [0.3, 0.4) is 0 Å². The molecule has 0 radical (unpaired) electrons. The van der Waals surface area contributed by atoms with Crippen molar-refractivity contribution < 1.29 is 19.0 Å². The van der Waals surface area contributed by atoms with Crippen molar-refractivity contribution in [3.63, 3.8) is 0 Å². The first-order chi connectivity index (χ1) is 13.5. The first-order valence-corrected chi connectivity index (χ1v) is 9.43. The van der Waals surface area contributed by atoms with Crippen LogP contribution in [0.5, 0.6) is 17.2 Å². The molecule has 0 unspecified atom stereocenters. The van der Waals surface area contributed by atoms with Crippen LogP contribution in [0.2, 0.25) is 0 Å². The summed E-state index contributed by atoms with van der Waals surface area (Å²) in [4.78, 5) is 16.2. The van der Waals surface area contributed by atoms with E-state index in [0.29, 0.717) is 11.5 Å². The molecule has 0 amide bonds. The van der Waals surface area contributed by atoms with Gasteiger partial charge in [-0.15, -0.1) is 0 Å². The summed E-state index contributed by atoms with van der Waals surface area (Å²) in [5.41, 5.74) is 3.00. The van der Waals surface area contributed by atoms with Gasteiger partial charge in [-0.25, -0.2) is 0 Å². The van der Waals surface area contributed by atoms with Crippen molar-refractivity contribution in [3.8, 4) is 17.2 Å². The lowest BCUT2D eigenvalue weighted by atomic mass is 10.1. The predicted molar refractivity (Wildman–Crippen MR) is 110 cm³/mol. The predicted octanol–water partition coefficient (Wildman–Crippen LogP) is 3.24. The number of rotatable bonds is 7. The van der Waals surface area contributed by atoms with Gasteiger partial charge in [-0.3, -0.25) is 9.69 Å². The molecule has 1 aliphatic heterocycles. The van der Waals surface area contributed by atoms with E-state index < -0.39 is 0 Å². The average Bonchev–Trinajstić information content (AvgIpc) is 2.74. The van der Waals surface area contributed by atoms with E-state index in [2.05, 4.69) is 9.80 Å². The van der Waals surface area contributed by atoms with E-state index in [0.717, 1.165) is 55.3 Å². The first kappa shape index (κ1) is 20.0. The van der Waals surface area contributed by atoms with Crippen LogP contribution in [0.4, 0.5) is 5.69 Å². The third-order valence-corrected chi connectivity index (χ3v) is 5.19. The van der Waals surface area contributed by atoms with E-state index in [1.165, 1.54) is 0 Å². The second-order valence-corrected chi connectivity index (χ2v) is 6.89. The molecule has 1 heterocycles. The number of ketones is 1. The summed E-state index contributed by atoms with van der Waals surface area (Å²) in [6, 6.07) is 11.7. The fraction of sp³-hybridized carbons (Fsp3) is 0.409. The molecule has 3 rings (SSSR count). The van der Waals surface area contributed by atoms with Gasteiger partial charge >= 0.3 is 0 Å². The Labute approximate surface area is 166 Å². The summed E-state index contributed by atoms with van der Waals surface area (Å²) < 4.78 is 16.3. The number of benzene rings is 2. The van der Waals surface area contributed by atoms with Gasteiger partial charge in [0, 0.05) is 55.6 Å². The third-order valence-electron chi connectivity index (χ3n) is 5.19. The maximum absolute atomic E-state index is 11.4. The quantitative estimate of drug-likeness (QED) is 0.683. The van der Waals surface area contributed by atoms with Gasteiger partial charge in [-0.2, -0.15) is 0 Å². The molecular formula is C22H28N2O4. The summed E-state index contributed by atoms with van der Waals surface area (Å²) in [6.45, 7) is 6.17. The average molecular weight is 384 g/mol. The molecule has 2 aromatic rings. The second kappa shape index (κ2) is 8.97. The van der Waals surface area contributed by atoms with E-state index >= 15 is 0 Å². The largest absolute Gasteiger partial charge is 0.496 e. The Kier molecular flexibility index (Phi) is 6.41. The number of methoxy groups -OCH3 is 3. The summed E-state index contributed by atoms with van der Waals surface area (Å²) in [5.74, 6) is 2.28. The summed E-state index contributed by atoms with van der Waals surface area (Å²) >= 11 is 0. The van der Waals surface area contributed by atoms with Gasteiger partial charge in [0.25, 0.3) is 0 Å². The highest BCUT2D eigenvalue weighted by Gasteiger charge is 2.20. The minimum atomic E-state index is 0.0974. The lowest BCUT2D eigenvalue weighted by Crippen LogP contribution is -2.46. The van der Waals surface area contributed by atoms with E-state index in [1.807, 2.05) is 36.4 Å². The molecule has 150 valence electrons. The summed E-state index contributed by atoms with van der Waals surface area (Å²) in [5, 5.41) is 0. The van der Waals surface area contributed by atoms with E-state index in [-0.39, 0.29) is 5.78 Å². The molecule has 6 nitrogen and oxygen atoms in total. The van der Waals surface area contributed by atoms with E-state index in [4.69, 9.17) is 14.2 Å². The molecule has 1 saturated heterocycles. The maximum atomic E-state index is 11.4. The van der Waals surface area contributed by atoms with Crippen LogP contribution in [0.1, 0.15) is 22.8 Å². The fourth-order valence-corrected chi connectivity index (χ4v) is 3.53. The summed E-state index contributed by atoms with van der Waals surface area (Å²) in [7, 11) is 4.94. The molecule has 2 aromatic carbocycles. The Hall–Kier alpha value is -2.73. The van der Waals surface area contributed by atoms with Crippen LogP contribution in [0, 0.1) is 0 Å². The number of carbonyl (C=O) groups excluding carboxylic acids is 1. The normalized spacial score (nSPS) is 14.6. The van der Waals surface area contributed by atoms with Crippen molar-refractivity contribution >= 4 is 11.5 Å². The number of Topliss-reactive ketones (excluding diaryl/α,β-unsaturated/α-hetero) is 1. The fourth-order valence-electron chi connectivity index (χ4n) is 3.53. The smallest absolute Gasteiger partial charge is 0.164 e. The molecule has 6 heteroatoms. The van der Waals surface area contributed by atoms with Gasteiger partial charge in [-0.05, 0) is 37.3 Å². The molecule has 28 heavy (non-hydrogen) atoms. The molecule has 0 atom stereocenters. The minimum absolute atomic E-state index is 0.0974. The van der Waals surface area contributed by atoms with Crippen molar-refractivity contribution in [1.82, 2.24) is 4.90 Å². The summed E-state index contributed by atoms with van der Waals surface area (Å²) in [6.07, 6.45) is 0. The maximum Gasteiger partial charge on any atom is 0.164 e. The van der Waals surface area contributed by atoms with Crippen LogP contribution in [-0.4, -0.2) is 58.2 Å². The number of hydrogen-bond donors (Lipinski definition) is 0. The zero-order valence-corrected chi connectivity index (χ0v) is 17.0. The Balaban J connectivity index is 1.65. The molecule has 0 N–H and O–H groups in total. The van der Waals surface area contributed by atoms with Crippen molar-refractivity contribution in [2.75, 3.05) is 52.4 Å². The van der Waals surface area contributed by atoms with Gasteiger partial charge in [0.15, 0.2) is 17.3 Å². The topological polar surface area (TPSA) is 51.2 Å².